The van der Waals surface area contributed by atoms with Crippen molar-refractivity contribution in [1.82, 2.24) is 15.3 Å². The second kappa shape index (κ2) is 5.97. The number of piperazine rings is 1. The van der Waals surface area contributed by atoms with E-state index < -0.39 is 5.60 Å². The summed E-state index contributed by atoms with van der Waals surface area (Å²) in [5, 5.41) is 3.23. The molecule has 2 rings (SSSR count). The largest absolute Gasteiger partial charge is 0.458 e. The zero-order chi connectivity index (χ0) is 15.6. The number of nitrogens with one attached hydrogen (secondary N) is 1. The van der Waals surface area contributed by atoms with Crippen LogP contribution in [0.5, 0.6) is 0 Å². The lowest BCUT2D eigenvalue weighted by Gasteiger charge is -2.36. The molecule has 116 valence electrons. The molecule has 1 saturated heterocycles. The summed E-state index contributed by atoms with van der Waals surface area (Å²) in [4.78, 5) is 23.3. The molecule has 2 heterocycles. The van der Waals surface area contributed by atoms with E-state index in [0.717, 1.165) is 17.9 Å². The Morgan fingerprint density at radius 1 is 1.33 bits per heavy atom. The van der Waals surface area contributed by atoms with Gasteiger partial charge in [0.15, 0.2) is 0 Å². The number of hydrogen-bond donors (Lipinski definition) is 1. The van der Waals surface area contributed by atoms with E-state index in [9.17, 15) is 4.79 Å². The topological polar surface area (TPSA) is 67.4 Å². The van der Waals surface area contributed by atoms with Crippen LogP contribution in [0, 0.1) is 13.8 Å². The number of carbonyl (C=O) groups is 1. The highest BCUT2D eigenvalue weighted by atomic mass is 16.6. The lowest BCUT2D eigenvalue weighted by atomic mass is 10.1. The quantitative estimate of drug-likeness (QED) is 0.827. The number of anilines is 1. The first-order valence-electron chi connectivity index (χ1n) is 7.29. The highest BCUT2D eigenvalue weighted by Gasteiger charge is 2.34. The summed E-state index contributed by atoms with van der Waals surface area (Å²) in [7, 11) is 0. The third-order valence-electron chi connectivity index (χ3n) is 3.15. The second-order valence-corrected chi connectivity index (χ2v) is 6.40. The van der Waals surface area contributed by atoms with Crippen LogP contribution in [0.2, 0.25) is 0 Å². The number of nitrogens with zero attached hydrogens (tertiary/aromatic N) is 3. The fourth-order valence-electron chi connectivity index (χ4n) is 2.36. The molecule has 1 unspecified atom stereocenters. The molecule has 0 radical (unpaired) electrons. The van der Waals surface area contributed by atoms with Crippen molar-refractivity contribution in [2.75, 3.05) is 24.5 Å². The van der Waals surface area contributed by atoms with Crippen LogP contribution in [-0.2, 0) is 9.53 Å². The highest BCUT2D eigenvalue weighted by Crippen LogP contribution is 2.18. The van der Waals surface area contributed by atoms with E-state index in [2.05, 4.69) is 15.3 Å². The van der Waals surface area contributed by atoms with Crippen molar-refractivity contribution in [3.63, 3.8) is 0 Å². The Morgan fingerprint density at radius 3 is 2.52 bits per heavy atom. The Kier molecular flexibility index (Phi) is 4.46. The van der Waals surface area contributed by atoms with Gasteiger partial charge in [0.2, 0.25) is 5.95 Å². The summed E-state index contributed by atoms with van der Waals surface area (Å²) in [6.07, 6.45) is 0. The standard InChI is InChI=1S/C15H24N4O2/c1-10-8-11(2)18-14(17-10)19-7-6-16-9-12(19)13(20)21-15(3,4)5/h8,12,16H,6-7,9H2,1-5H3. The van der Waals surface area contributed by atoms with Crippen molar-refractivity contribution in [3.05, 3.63) is 17.5 Å². The van der Waals surface area contributed by atoms with Crippen LogP contribution in [0.3, 0.4) is 0 Å². The van der Waals surface area contributed by atoms with Crippen molar-refractivity contribution in [2.24, 2.45) is 0 Å². The van der Waals surface area contributed by atoms with Gasteiger partial charge >= 0.3 is 5.97 Å². The van der Waals surface area contributed by atoms with Gasteiger partial charge in [0.1, 0.15) is 11.6 Å². The molecule has 21 heavy (non-hydrogen) atoms. The number of rotatable bonds is 2. The van der Waals surface area contributed by atoms with E-state index in [1.165, 1.54) is 0 Å². The van der Waals surface area contributed by atoms with Gasteiger partial charge in [-0.15, -0.1) is 0 Å². The summed E-state index contributed by atoms with van der Waals surface area (Å²) < 4.78 is 5.51. The molecule has 1 aliphatic heterocycles. The van der Waals surface area contributed by atoms with Gasteiger partial charge in [-0.3, -0.25) is 0 Å². The number of hydrogen-bond acceptors (Lipinski definition) is 6. The summed E-state index contributed by atoms with van der Waals surface area (Å²) in [5.74, 6) is 0.363. The van der Waals surface area contributed by atoms with Gasteiger partial charge in [-0.2, -0.15) is 0 Å². The van der Waals surface area contributed by atoms with Gasteiger partial charge in [0.25, 0.3) is 0 Å². The van der Waals surface area contributed by atoms with E-state index in [1.807, 2.05) is 45.6 Å². The first-order valence-corrected chi connectivity index (χ1v) is 7.29. The number of ether oxygens (including phenoxy) is 1. The van der Waals surface area contributed by atoms with Crippen LogP contribution in [-0.4, -0.2) is 47.2 Å². The van der Waals surface area contributed by atoms with Gasteiger partial charge < -0.3 is 15.0 Å². The average molecular weight is 292 g/mol. The van der Waals surface area contributed by atoms with Crippen LogP contribution >= 0.6 is 0 Å². The highest BCUT2D eigenvalue weighted by molar-refractivity contribution is 5.80. The minimum absolute atomic E-state index is 0.238. The van der Waals surface area contributed by atoms with E-state index >= 15 is 0 Å². The van der Waals surface area contributed by atoms with E-state index in [1.54, 1.807) is 0 Å². The maximum Gasteiger partial charge on any atom is 0.330 e. The smallest absolute Gasteiger partial charge is 0.330 e. The predicted molar refractivity (Wildman–Crippen MR) is 81.4 cm³/mol. The molecule has 0 spiro atoms. The molecule has 1 aromatic rings. The van der Waals surface area contributed by atoms with Crippen LogP contribution in [0.1, 0.15) is 32.2 Å². The summed E-state index contributed by atoms with van der Waals surface area (Å²) >= 11 is 0. The number of esters is 1. The fraction of sp³-hybridized carbons (Fsp3) is 0.667. The molecule has 0 aliphatic carbocycles. The van der Waals surface area contributed by atoms with Crippen LogP contribution in [0.15, 0.2) is 6.07 Å². The van der Waals surface area contributed by atoms with E-state index in [0.29, 0.717) is 19.0 Å². The monoisotopic (exact) mass is 292 g/mol. The Morgan fingerprint density at radius 2 is 1.95 bits per heavy atom. The molecular formula is C15H24N4O2. The van der Waals surface area contributed by atoms with Crippen molar-refractivity contribution in [1.29, 1.82) is 0 Å². The molecule has 0 amide bonds. The Balaban J connectivity index is 2.24. The maximum absolute atomic E-state index is 12.4. The zero-order valence-corrected chi connectivity index (χ0v) is 13.4. The predicted octanol–water partition coefficient (Wildman–Crippen LogP) is 1.21. The Labute approximate surface area is 125 Å². The summed E-state index contributed by atoms with van der Waals surface area (Å²) in [6.45, 7) is 11.5. The van der Waals surface area contributed by atoms with Gasteiger partial charge in [0.05, 0.1) is 0 Å². The molecule has 1 atom stereocenters. The summed E-state index contributed by atoms with van der Waals surface area (Å²) in [6, 6.07) is 1.54. The molecule has 6 nitrogen and oxygen atoms in total. The first kappa shape index (κ1) is 15.7. The van der Waals surface area contributed by atoms with Crippen LogP contribution < -0.4 is 10.2 Å². The molecule has 1 N–H and O–H groups in total. The minimum Gasteiger partial charge on any atom is -0.458 e. The van der Waals surface area contributed by atoms with E-state index in [4.69, 9.17) is 4.74 Å². The SMILES string of the molecule is Cc1cc(C)nc(N2CCNCC2C(=O)OC(C)(C)C)n1. The average Bonchev–Trinajstić information content (AvgIpc) is 2.35. The Hall–Kier alpha value is -1.69. The van der Waals surface area contributed by atoms with Crippen molar-refractivity contribution < 1.29 is 9.53 Å². The minimum atomic E-state index is -0.496. The van der Waals surface area contributed by atoms with Crippen molar-refractivity contribution in [3.8, 4) is 0 Å². The zero-order valence-electron chi connectivity index (χ0n) is 13.4. The van der Waals surface area contributed by atoms with Crippen LogP contribution in [0.4, 0.5) is 5.95 Å². The second-order valence-electron chi connectivity index (χ2n) is 6.40. The summed E-state index contributed by atoms with van der Waals surface area (Å²) in [5.41, 5.74) is 1.31. The van der Waals surface area contributed by atoms with Gasteiger partial charge in [-0.05, 0) is 40.7 Å². The maximum atomic E-state index is 12.4. The lowest BCUT2D eigenvalue weighted by molar-refractivity contribution is -0.156. The third kappa shape index (κ3) is 4.14. The van der Waals surface area contributed by atoms with Crippen molar-refractivity contribution >= 4 is 11.9 Å². The van der Waals surface area contributed by atoms with Gasteiger partial charge in [0, 0.05) is 31.0 Å². The fourth-order valence-corrected chi connectivity index (χ4v) is 2.36. The third-order valence-corrected chi connectivity index (χ3v) is 3.15. The van der Waals surface area contributed by atoms with E-state index in [-0.39, 0.29) is 12.0 Å². The van der Waals surface area contributed by atoms with Gasteiger partial charge in [-0.25, -0.2) is 14.8 Å². The molecular weight excluding hydrogens is 268 g/mol. The molecule has 0 saturated carbocycles. The van der Waals surface area contributed by atoms with Crippen LogP contribution in [0.25, 0.3) is 0 Å². The molecule has 6 heteroatoms. The normalized spacial score (nSPS) is 19.5. The molecule has 0 bridgehead atoms. The molecule has 1 fully saturated rings. The number of carbonyl (C=O) groups excluding carboxylic acids is 1. The lowest BCUT2D eigenvalue weighted by Crippen LogP contribution is -2.57. The molecule has 1 aliphatic rings. The van der Waals surface area contributed by atoms with Gasteiger partial charge in [-0.1, -0.05) is 0 Å². The first-order chi connectivity index (χ1) is 9.76. The Bertz CT molecular complexity index is 505. The molecule has 1 aromatic heterocycles. The van der Waals surface area contributed by atoms with Crippen molar-refractivity contribution in [2.45, 2.75) is 46.3 Å². The molecule has 0 aromatic carbocycles. The number of aromatic nitrogens is 2. The number of aryl methyl sites for hydroxylation is 2.